The van der Waals surface area contributed by atoms with Gasteiger partial charge in [-0.25, -0.2) is 9.97 Å². The van der Waals surface area contributed by atoms with Gasteiger partial charge in [0.2, 0.25) is 5.91 Å². The van der Waals surface area contributed by atoms with Gasteiger partial charge in [0.1, 0.15) is 17.2 Å². The summed E-state index contributed by atoms with van der Waals surface area (Å²) in [6, 6.07) is 11.0. The molecular formula is C27H32ClN5O4. The normalized spacial score (nSPS) is 11.4. The summed E-state index contributed by atoms with van der Waals surface area (Å²) in [5.41, 5.74) is 10.2. The number of amides is 1. The van der Waals surface area contributed by atoms with Crippen LogP contribution in [0.25, 0.3) is 21.9 Å². The maximum absolute atomic E-state index is 11.2. The average molecular weight is 526 g/mol. The Morgan fingerprint density at radius 2 is 2.00 bits per heavy atom. The van der Waals surface area contributed by atoms with Crippen LogP contribution in [0.3, 0.4) is 0 Å². The number of unbranched alkanes of at least 4 members (excludes halogenated alkanes) is 1. The average Bonchev–Trinajstić information content (AvgIpc) is 3.26. The number of aromatic hydroxyl groups is 2. The molecule has 37 heavy (non-hydrogen) atoms. The van der Waals surface area contributed by atoms with Crippen molar-refractivity contribution in [1.29, 1.82) is 0 Å². The van der Waals surface area contributed by atoms with Crippen LogP contribution in [-0.4, -0.2) is 56.3 Å². The molecule has 2 aromatic heterocycles. The van der Waals surface area contributed by atoms with E-state index in [-0.39, 0.29) is 23.3 Å². The summed E-state index contributed by atoms with van der Waals surface area (Å²) < 4.78 is 7.73. The van der Waals surface area contributed by atoms with Crippen molar-refractivity contribution in [2.75, 3.05) is 31.4 Å². The first-order chi connectivity index (χ1) is 17.9. The number of nitrogen functional groups attached to an aromatic ring is 1. The molecule has 0 radical (unpaired) electrons. The Kier molecular flexibility index (Phi) is 8.68. The number of halogens is 1. The summed E-state index contributed by atoms with van der Waals surface area (Å²) in [5, 5.41) is 24.1. The number of phenols is 2. The first-order valence-corrected chi connectivity index (χ1v) is 12.9. The van der Waals surface area contributed by atoms with Gasteiger partial charge in [-0.15, -0.1) is 11.6 Å². The highest BCUT2D eigenvalue weighted by Crippen LogP contribution is 2.34. The fraction of sp³-hybridized carbons (Fsp3) is 0.370. The molecule has 9 nitrogen and oxygen atoms in total. The Morgan fingerprint density at radius 1 is 1.16 bits per heavy atom. The minimum Gasteiger partial charge on any atom is -0.504 e. The van der Waals surface area contributed by atoms with Gasteiger partial charge >= 0.3 is 0 Å². The molecule has 10 heteroatoms. The van der Waals surface area contributed by atoms with E-state index in [1.165, 1.54) is 6.07 Å². The van der Waals surface area contributed by atoms with E-state index in [4.69, 9.17) is 27.1 Å². The topological polar surface area (TPSA) is 136 Å². The van der Waals surface area contributed by atoms with E-state index >= 15 is 0 Å². The minimum atomic E-state index is -0.218. The number of carbonyl (C=O) groups excluding carboxylic acids is 1. The quantitative estimate of drug-likeness (QED) is 0.125. The molecule has 4 rings (SSSR count). The Balaban J connectivity index is 1.68. The second kappa shape index (κ2) is 12.1. The van der Waals surface area contributed by atoms with Crippen LogP contribution in [0, 0.1) is 0 Å². The molecule has 0 aliphatic heterocycles. The van der Waals surface area contributed by atoms with Gasteiger partial charge in [-0.05, 0) is 36.6 Å². The summed E-state index contributed by atoms with van der Waals surface area (Å²) >= 11 is 5.47. The zero-order chi connectivity index (χ0) is 26.4. The number of hydrogen-bond donors (Lipinski definition) is 4. The Hall–Kier alpha value is -3.56. The maximum Gasteiger partial charge on any atom is 0.235 e. The monoisotopic (exact) mass is 525 g/mol. The minimum absolute atomic E-state index is 0.0636. The number of imidazole rings is 1. The van der Waals surface area contributed by atoms with Crippen LogP contribution in [-0.2, 0) is 28.9 Å². The number of aromatic nitrogens is 3. The van der Waals surface area contributed by atoms with E-state index in [1.807, 2.05) is 12.1 Å². The van der Waals surface area contributed by atoms with Crippen LogP contribution >= 0.6 is 11.6 Å². The smallest absolute Gasteiger partial charge is 0.235 e. The molecule has 0 bridgehead atoms. The predicted octanol–water partition coefficient (Wildman–Crippen LogP) is 3.88. The Morgan fingerprint density at radius 3 is 2.78 bits per heavy atom. The van der Waals surface area contributed by atoms with E-state index < -0.39 is 0 Å². The highest BCUT2D eigenvalue weighted by atomic mass is 35.5. The van der Waals surface area contributed by atoms with Crippen molar-refractivity contribution < 1.29 is 19.7 Å². The van der Waals surface area contributed by atoms with Gasteiger partial charge in [-0.2, -0.15) is 0 Å². The van der Waals surface area contributed by atoms with Crippen molar-refractivity contribution in [3.63, 3.8) is 0 Å². The van der Waals surface area contributed by atoms with Crippen LogP contribution in [0.2, 0.25) is 0 Å². The predicted molar refractivity (Wildman–Crippen MR) is 145 cm³/mol. The molecular weight excluding hydrogens is 494 g/mol. The highest BCUT2D eigenvalue weighted by Gasteiger charge is 2.19. The third-order valence-corrected chi connectivity index (χ3v) is 6.49. The number of nitrogens with two attached hydrogens (primary N) is 1. The SMILES string of the molecule is CCCCc1nc2c(N)nc3ccc(CCOCCNC(=O)CCl)cc3c2n1Cc1cccc(O)c1O. The van der Waals surface area contributed by atoms with Crippen molar-refractivity contribution in [2.24, 2.45) is 0 Å². The zero-order valence-corrected chi connectivity index (χ0v) is 21.6. The van der Waals surface area contributed by atoms with Gasteiger partial charge in [-0.1, -0.05) is 31.5 Å². The second-order valence-electron chi connectivity index (χ2n) is 8.89. The first kappa shape index (κ1) is 26.5. The lowest BCUT2D eigenvalue weighted by atomic mass is 10.1. The van der Waals surface area contributed by atoms with E-state index in [1.54, 1.807) is 12.1 Å². The largest absolute Gasteiger partial charge is 0.504 e. The summed E-state index contributed by atoms with van der Waals surface area (Å²) in [7, 11) is 0. The number of fused-ring (bicyclic) bond motifs is 3. The number of para-hydroxylation sites is 1. The zero-order valence-electron chi connectivity index (χ0n) is 20.8. The van der Waals surface area contributed by atoms with Crippen LogP contribution < -0.4 is 11.1 Å². The van der Waals surface area contributed by atoms with Crippen molar-refractivity contribution in [3.05, 3.63) is 53.3 Å². The number of phenolic OH excluding ortho intramolecular Hbond substituents is 2. The number of pyridine rings is 1. The molecule has 0 saturated carbocycles. The Bertz CT molecular complexity index is 1410. The number of ether oxygens (including phenoxy) is 1. The fourth-order valence-electron chi connectivity index (χ4n) is 4.33. The van der Waals surface area contributed by atoms with Crippen molar-refractivity contribution in [1.82, 2.24) is 19.9 Å². The number of rotatable bonds is 12. The van der Waals surface area contributed by atoms with Crippen molar-refractivity contribution in [2.45, 2.75) is 39.2 Å². The number of hydrogen-bond acceptors (Lipinski definition) is 7. The summed E-state index contributed by atoms with van der Waals surface area (Å²) in [6.45, 7) is 3.76. The van der Waals surface area contributed by atoms with Gasteiger partial charge in [-0.3, -0.25) is 4.79 Å². The molecule has 0 spiro atoms. The van der Waals surface area contributed by atoms with E-state index in [2.05, 4.69) is 27.9 Å². The molecule has 0 aliphatic carbocycles. The van der Waals surface area contributed by atoms with Crippen molar-refractivity contribution in [3.8, 4) is 11.5 Å². The van der Waals surface area contributed by atoms with E-state index in [0.717, 1.165) is 47.1 Å². The second-order valence-corrected chi connectivity index (χ2v) is 9.16. The Labute approximate surface area is 220 Å². The molecule has 0 aliphatic rings. The molecule has 0 atom stereocenters. The van der Waals surface area contributed by atoms with Crippen molar-refractivity contribution >= 4 is 45.3 Å². The highest BCUT2D eigenvalue weighted by molar-refractivity contribution is 6.27. The van der Waals surface area contributed by atoms with E-state index in [0.29, 0.717) is 49.6 Å². The van der Waals surface area contributed by atoms with Gasteiger partial charge < -0.3 is 30.6 Å². The number of carbonyl (C=O) groups is 1. The fourth-order valence-corrected chi connectivity index (χ4v) is 4.43. The molecule has 0 fully saturated rings. The van der Waals surface area contributed by atoms with Gasteiger partial charge in [0.15, 0.2) is 17.3 Å². The lowest BCUT2D eigenvalue weighted by Crippen LogP contribution is -2.28. The third kappa shape index (κ3) is 6.06. The first-order valence-electron chi connectivity index (χ1n) is 12.4. The standard InChI is InChI=1S/C27H32ClN5O4/c1-2-3-7-22-32-24-25(33(22)16-18-5-4-6-21(34)26(18)36)19-14-17(8-9-20(19)31-27(24)29)10-12-37-13-11-30-23(35)15-28/h4-6,8-9,14,34,36H,2-3,7,10-13,15-16H2,1H3,(H2,29,31)(H,30,35). The van der Waals surface area contributed by atoms with Crippen LogP contribution in [0.1, 0.15) is 36.7 Å². The van der Waals surface area contributed by atoms with E-state index in [9.17, 15) is 15.0 Å². The van der Waals surface area contributed by atoms with Gasteiger partial charge in [0.25, 0.3) is 0 Å². The molecule has 0 saturated heterocycles. The molecule has 2 heterocycles. The molecule has 0 unspecified atom stereocenters. The van der Waals surface area contributed by atoms with Gasteiger partial charge in [0.05, 0.1) is 30.8 Å². The lowest BCUT2D eigenvalue weighted by Gasteiger charge is -2.13. The molecule has 4 aromatic rings. The molecule has 196 valence electrons. The van der Waals surface area contributed by atoms with Gasteiger partial charge in [0, 0.05) is 23.9 Å². The molecule has 2 aromatic carbocycles. The van der Waals surface area contributed by atoms with Crippen LogP contribution in [0.5, 0.6) is 11.5 Å². The summed E-state index contributed by atoms with van der Waals surface area (Å²) in [5.74, 6) is 0.628. The molecule has 5 N–H and O–H groups in total. The number of benzene rings is 2. The number of nitrogens with zero attached hydrogens (tertiary/aromatic N) is 3. The number of aryl methyl sites for hydroxylation is 1. The number of alkyl halides is 1. The lowest BCUT2D eigenvalue weighted by molar-refractivity contribution is -0.118. The van der Waals surface area contributed by atoms with Crippen LogP contribution in [0.4, 0.5) is 5.82 Å². The molecule has 1 amide bonds. The summed E-state index contributed by atoms with van der Waals surface area (Å²) in [4.78, 5) is 20.7. The summed E-state index contributed by atoms with van der Waals surface area (Å²) in [6.07, 6.45) is 3.39. The third-order valence-electron chi connectivity index (χ3n) is 6.25. The number of nitrogens with one attached hydrogen (secondary N) is 1. The van der Waals surface area contributed by atoms with Crippen LogP contribution in [0.15, 0.2) is 36.4 Å². The number of anilines is 1. The maximum atomic E-state index is 11.2.